The van der Waals surface area contributed by atoms with E-state index < -0.39 is 5.97 Å². The zero-order valence-electron chi connectivity index (χ0n) is 13.5. The fraction of sp³-hybridized carbons (Fsp3) is 0.278. The SMILES string of the molecule is CCCOc1ccc(-c2cc(OC)cc(OC)c2)cc1C(=O)O. The molecule has 0 aliphatic rings. The molecular weight excluding hydrogens is 296 g/mol. The van der Waals surface area contributed by atoms with Crippen LogP contribution in [0.25, 0.3) is 11.1 Å². The molecule has 0 aliphatic carbocycles. The van der Waals surface area contributed by atoms with Gasteiger partial charge in [-0.05, 0) is 41.8 Å². The highest BCUT2D eigenvalue weighted by Gasteiger charge is 2.14. The van der Waals surface area contributed by atoms with Crippen LogP contribution < -0.4 is 14.2 Å². The molecule has 0 spiro atoms. The Hall–Kier alpha value is -2.69. The van der Waals surface area contributed by atoms with Gasteiger partial charge in [-0.15, -0.1) is 0 Å². The summed E-state index contributed by atoms with van der Waals surface area (Å²) in [7, 11) is 3.14. The normalized spacial score (nSPS) is 10.2. The van der Waals surface area contributed by atoms with Gasteiger partial charge in [0, 0.05) is 6.07 Å². The van der Waals surface area contributed by atoms with Crippen LogP contribution in [0.4, 0.5) is 0 Å². The van der Waals surface area contributed by atoms with E-state index >= 15 is 0 Å². The van der Waals surface area contributed by atoms with Crippen molar-refractivity contribution in [2.45, 2.75) is 13.3 Å². The molecule has 0 atom stereocenters. The van der Waals surface area contributed by atoms with E-state index in [9.17, 15) is 9.90 Å². The minimum Gasteiger partial charge on any atom is -0.497 e. The van der Waals surface area contributed by atoms with Gasteiger partial charge >= 0.3 is 5.97 Å². The van der Waals surface area contributed by atoms with E-state index in [2.05, 4.69) is 0 Å². The van der Waals surface area contributed by atoms with Crippen molar-refractivity contribution in [2.75, 3.05) is 20.8 Å². The average Bonchev–Trinajstić information content (AvgIpc) is 2.59. The van der Waals surface area contributed by atoms with Crippen molar-refractivity contribution in [3.05, 3.63) is 42.0 Å². The van der Waals surface area contributed by atoms with Crippen LogP contribution >= 0.6 is 0 Å². The summed E-state index contributed by atoms with van der Waals surface area (Å²) in [5, 5.41) is 9.41. The summed E-state index contributed by atoms with van der Waals surface area (Å²) in [4.78, 5) is 11.5. The highest BCUT2D eigenvalue weighted by molar-refractivity contribution is 5.92. The van der Waals surface area contributed by atoms with Crippen molar-refractivity contribution >= 4 is 5.97 Å². The molecular formula is C18H20O5. The quantitative estimate of drug-likeness (QED) is 0.840. The summed E-state index contributed by atoms with van der Waals surface area (Å²) >= 11 is 0. The molecule has 0 radical (unpaired) electrons. The lowest BCUT2D eigenvalue weighted by molar-refractivity contribution is 0.0692. The van der Waals surface area contributed by atoms with Crippen LogP contribution in [0.3, 0.4) is 0 Å². The molecule has 1 N–H and O–H groups in total. The topological polar surface area (TPSA) is 65.0 Å². The molecule has 23 heavy (non-hydrogen) atoms. The lowest BCUT2D eigenvalue weighted by atomic mass is 10.0. The lowest BCUT2D eigenvalue weighted by Gasteiger charge is -2.12. The van der Waals surface area contributed by atoms with Crippen LogP contribution in [0.5, 0.6) is 17.2 Å². The van der Waals surface area contributed by atoms with Gasteiger partial charge in [-0.1, -0.05) is 13.0 Å². The zero-order valence-corrected chi connectivity index (χ0v) is 13.5. The number of carboxylic acids is 1. The maximum atomic E-state index is 11.5. The molecule has 0 amide bonds. The summed E-state index contributed by atoms with van der Waals surface area (Å²) in [6.07, 6.45) is 0.813. The van der Waals surface area contributed by atoms with E-state index in [1.54, 1.807) is 32.4 Å². The predicted octanol–water partition coefficient (Wildman–Crippen LogP) is 3.86. The third-order valence-corrected chi connectivity index (χ3v) is 3.36. The van der Waals surface area contributed by atoms with Gasteiger partial charge in [-0.3, -0.25) is 0 Å². The van der Waals surface area contributed by atoms with Crippen molar-refractivity contribution in [1.82, 2.24) is 0 Å². The number of rotatable bonds is 7. The first kappa shape index (κ1) is 16.7. The molecule has 5 nitrogen and oxygen atoms in total. The largest absolute Gasteiger partial charge is 0.497 e. The first-order valence-electron chi connectivity index (χ1n) is 7.32. The average molecular weight is 316 g/mol. The molecule has 2 aromatic carbocycles. The first-order valence-corrected chi connectivity index (χ1v) is 7.32. The molecule has 0 unspecified atom stereocenters. The number of hydrogen-bond donors (Lipinski definition) is 1. The number of ether oxygens (including phenoxy) is 3. The summed E-state index contributed by atoms with van der Waals surface area (Å²) in [5.41, 5.74) is 1.70. The molecule has 0 saturated carbocycles. The Labute approximate surface area is 135 Å². The molecule has 0 saturated heterocycles. The molecule has 0 fully saturated rings. The monoisotopic (exact) mass is 316 g/mol. The third-order valence-electron chi connectivity index (χ3n) is 3.36. The summed E-state index contributed by atoms with van der Waals surface area (Å²) < 4.78 is 16.0. The number of benzene rings is 2. The van der Waals surface area contributed by atoms with E-state index in [0.717, 1.165) is 17.5 Å². The Morgan fingerprint density at radius 1 is 1.00 bits per heavy atom. The lowest BCUT2D eigenvalue weighted by Crippen LogP contribution is -2.04. The highest BCUT2D eigenvalue weighted by atomic mass is 16.5. The summed E-state index contributed by atoms with van der Waals surface area (Å²) in [6.45, 7) is 2.45. The van der Waals surface area contributed by atoms with Gasteiger partial charge in [0.25, 0.3) is 0 Å². The van der Waals surface area contributed by atoms with Gasteiger partial charge in [0.15, 0.2) is 0 Å². The smallest absolute Gasteiger partial charge is 0.339 e. The van der Waals surface area contributed by atoms with Gasteiger partial charge in [-0.25, -0.2) is 4.79 Å². The number of hydrogen-bond acceptors (Lipinski definition) is 4. The van der Waals surface area contributed by atoms with Crippen LogP contribution in [0, 0.1) is 0 Å². The van der Waals surface area contributed by atoms with Gasteiger partial charge in [0.2, 0.25) is 0 Å². The molecule has 2 aromatic rings. The molecule has 0 aliphatic heterocycles. The van der Waals surface area contributed by atoms with Crippen LogP contribution in [-0.4, -0.2) is 31.9 Å². The van der Waals surface area contributed by atoms with Crippen LogP contribution in [0.2, 0.25) is 0 Å². The second-order valence-corrected chi connectivity index (χ2v) is 4.97. The van der Waals surface area contributed by atoms with E-state index in [0.29, 0.717) is 23.9 Å². The second kappa shape index (κ2) is 7.54. The van der Waals surface area contributed by atoms with Gasteiger partial charge < -0.3 is 19.3 Å². The van der Waals surface area contributed by atoms with Gasteiger partial charge in [-0.2, -0.15) is 0 Å². The number of methoxy groups -OCH3 is 2. The summed E-state index contributed by atoms with van der Waals surface area (Å²) in [5.74, 6) is 0.635. The highest BCUT2D eigenvalue weighted by Crippen LogP contribution is 2.32. The van der Waals surface area contributed by atoms with Crippen molar-refractivity contribution in [3.8, 4) is 28.4 Å². The van der Waals surface area contributed by atoms with Crippen molar-refractivity contribution in [1.29, 1.82) is 0 Å². The fourth-order valence-corrected chi connectivity index (χ4v) is 2.19. The Morgan fingerprint density at radius 2 is 1.65 bits per heavy atom. The molecule has 0 aromatic heterocycles. The van der Waals surface area contributed by atoms with E-state index in [4.69, 9.17) is 14.2 Å². The minimum absolute atomic E-state index is 0.137. The number of aromatic carboxylic acids is 1. The van der Waals surface area contributed by atoms with Gasteiger partial charge in [0.1, 0.15) is 22.8 Å². The van der Waals surface area contributed by atoms with Crippen LogP contribution in [0.1, 0.15) is 23.7 Å². The Balaban J connectivity index is 2.47. The molecule has 0 bridgehead atoms. The fourth-order valence-electron chi connectivity index (χ4n) is 2.19. The second-order valence-electron chi connectivity index (χ2n) is 4.97. The number of carboxylic acid groups (broad SMARTS) is 1. The molecule has 2 rings (SSSR count). The number of carbonyl (C=O) groups is 1. The zero-order chi connectivity index (χ0) is 16.8. The standard InChI is InChI=1S/C18H20O5/c1-4-7-23-17-6-5-12(10-16(17)18(19)20)13-8-14(21-2)11-15(9-13)22-3/h5-6,8-11H,4,7H2,1-3H3,(H,19,20). The Bertz CT molecular complexity index is 672. The summed E-state index contributed by atoms with van der Waals surface area (Å²) in [6, 6.07) is 10.5. The van der Waals surface area contributed by atoms with Crippen molar-refractivity contribution in [3.63, 3.8) is 0 Å². The van der Waals surface area contributed by atoms with Crippen LogP contribution in [0.15, 0.2) is 36.4 Å². The molecule has 0 heterocycles. The van der Waals surface area contributed by atoms with E-state index in [1.807, 2.05) is 25.1 Å². The van der Waals surface area contributed by atoms with Gasteiger partial charge in [0.05, 0.1) is 20.8 Å². The molecule has 5 heteroatoms. The maximum absolute atomic E-state index is 11.5. The van der Waals surface area contributed by atoms with E-state index in [1.165, 1.54) is 0 Å². The van der Waals surface area contributed by atoms with Crippen LogP contribution in [-0.2, 0) is 0 Å². The maximum Gasteiger partial charge on any atom is 0.339 e. The minimum atomic E-state index is -1.02. The predicted molar refractivity (Wildman–Crippen MR) is 87.7 cm³/mol. The first-order chi connectivity index (χ1) is 11.1. The molecule has 122 valence electrons. The Kier molecular flexibility index (Phi) is 5.46. The Morgan fingerprint density at radius 3 is 2.17 bits per heavy atom. The van der Waals surface area contributed by atoms with E-state index in [-0.39, 0.29) is 5.56 Å². The van der Waals surface area contributed by atoms with Crippen molar-refractivity contribution < 1.29 is 24.1 Å². The third kappa shape index (κ3) is 3.94. The van der Waals surface area contributed by atoms with Crippen molar-refractivity contribution in [2.24, 2.45) is 0 Å².